The number of nitrogens with zero attached hydrogens (tertiary/aromatic N) is 2. The lowest BCUT2D eigenvalue weighted by Crippen LogP contribution is -2.37. The van der Waals surface area contributed by atoms with Gasteiger partial charge in [-0.3, -0.25) is 4.98 Å². The summed E-state index contributed by atoms with van der Waals surface area (Å²) in [5.74, 6) is 0.577. The van der Waals surface area contributed by atoms with Crippen LogP contribution in [0.3, 0.4) is 0 Å². The Morgan fingerprint density at radius 1 is 1.17 bits per heavy atom. The van der Waals surface area contributed by atoms with Crippen LogP contribution in [-0.4, -0.2) is 42.9 Å². The zero-order chi connectivity index (χ0) is 25.6. The zero-order valence-electron chi connectivity index (χ0n) is 22.2. The normalized spacial score (nSPS) is 15.9. The number of esters is 1. The number of carbonyl (C=O) groups is 1. The molecule has 1 aromatic heterocycles. The van der Waals surface area contributed by atoms with E-state index in [1.165, 1.54) is 11.3 Å². The number of carbonyl (C=O) groups excluding carboxylic acids is 1. The lowest BCUT2D eigenvalue weighted by molar-refractivity contribution is -0.166. The van der Waals surface area contributed by atoms with Crippen LogP contribution in [0.4, 0.5) is 5.69 Å². The molecule has 190 valence electrons. The van der Waals surface area contributed by atoms with Crippen molar-refractivity contribution in [3.8, 4) is 16.9 Å². The SMILES string of the molecule is CCOC(=O)[C@@H](OC(C)(C)C)c1c(C)cc2nc(C)ccc2c1-c1ccc2c3c1CCCN3CCO2. The Labute approximate surface area is 213 Å². The summed E-state index contributed by atoms with van der Waals surface area (Å²) in [5.41, 5.74) is 7.73. The summed E-state index contributed by atoms with van der Waals surface area (Å²) in [5, 5.41) is 1.01. The average Bonchev–Trinajstić information content (AvgIpc) is 2.82. The van der Waals surface area contributed by atoms with Crippen LogP contribution in [0.25, 0.3) is 22.0 Å². The zero-order valence-corrected chi connectivity index (χ0v) is 22.2. The smallest absolute Gasteiger partial charge is 0.339 e. The van der Waals surface area contributed by atoms with Gasteiger partial charge in [-0.1, -0.05) is 12.1 Å². The largest absolute Gasteiger partial charge is 0.490 e. The first-order valence-corrected chi connectivity index (χ1v) is 13.0. The van der Waals surface area contributed by atoms with E-state index in [2.05, 4.69) is 29.2 Å². The van der Waals surface area contributed by atoms with E-state index in [4.69, 9.17) is 19.2 Å². The van der Waals surface area contributed by atoms with Crippen LogP contribution in [0, 0.1) is 13.8 Å². The van der Waals surface area contributed by atoms with Crippen LogP contribution in [0.15, 0.2) is 30.3 Å². The molecule has 1 atom stereocenters. The van der Waals surface area contributed by atoms with Crippen LogP contribution in [-0.2, 0) is 20.7 Å². The maximum absolute atomic E-state index is 13.4. The molecular formula is C30H36N2O4. The second-order valence-electron chi connectivity index (χ2n) is 10.7. The third kappa shape index (κ3) is 4.43. The Balaban J connectivity index is 1.84. The maximum atomic E-state index is 13.4. The first-order chi connectivity index (χ1) is 17.2. The van der Waals surface area contributed by atoms with Gasteiger partial charge in [0.25, 0.3) is 0 Å². The molecule has 0 spiro atoms. The van der Waals surface area contributed by atoms with Crippen molar-refractivity contribution in [3.63, 3.8) is 0 Å². The van der Waals surface area contributed by atoms with Gasteiger partial charge < -0.3 is 19.1 Å². The van der Waals surface area contributed by atoms with Gasteiger partial charge in [0, 0.05) is 23.2 Å². The van der Waals surface area contributed by atoms with Gasteiger partial charge in [0.2, 0.25) is 0 Å². The summed E-state index contributed by atoms with van der Waals surface area (Å²) in [7, 11) is 0. The van der Waals surface area contributed by atoms with Crippen molar-refractivity contribution in [2.45, 2.75) is 66.1 Å². The number of fused-ring (bicyclic) bond motifs is 1. The van der Waals surface area contributed by atoms with Crippen LogP contribution in [0.2, 0.25) is 0 Å². The van der Waals surface area contributed by atoms with Gasteiger partial charge in [0.15, 0.2) is 6.10 Å². The highest BCUT2D eigenvalue weighted by Gasteiger charge is 2.35. The number of aromatic nitrogens is 1. The number of rotatable bonds is 5. The molecule has 0 amide bonds. The minimum absolute atomic E-state index is 0.294. The van der Waals surface area contributed by atoms with E-state index in [9.17, 15) is 4.79 Å². The highest BCUT2D eigenvalue weighted by Crippen LogP contribution is 2.48. The molecule has 0 aliphatic carbocycles. The molecule has 36 heavy (non-hydrogen) atoms. The lowest BCUT2D eigenvalue weighted by atomic mass is 9.83. The molecule has 0 radical (unpaired) electrons. The highest BCUT2D eigenvalue weighted by atomic mass is 16.6. The summed E-state index contributed by atoms with van der Waals surface area (Å²) < 4.78 is 18.0. The first kappa shape index (κ1) is 24.6. The minimum Gasteiger partial charge on any atom is -0.490 e. The Hall–Kier alpha value is -3.12. The number of anilines is 1. The standard InChI is InChI=1S/C30H36N2O4/c1-7-34-29(33)28(36-30(4,5)6)25-18(2)17-23-22(11-10-19(3)31-23)26(25)20-12-13-24-27-21(20)9-8-14-32(27)15-16-35-24/h10-13,17,28H,7-9,14-16H2,1-6H3/t28-/m0/s1. The van der Waals surface area contributed by atoms with Crippen molar-refractivity contribution in [1.82, 2.24) is 4.98 Å². The van der Waals surface area contributed by atoms with Crippen molar-refractivity contribution in [2.24, 2.45) is 0 Å². The predicted molar refractivity (Wildman–Crippen MR) is 143 cm³/mol. The number of pyridine rings is 1. The molecule has 0 N–H and O–H groups in total. The third-order valence-corrected chi connectivity index (χ3v) is 6.92. The fourth-order valence-corrected chi connectivity index (χ4v) is 5.56. The Bertz CT molecular complexity index is 1320. The Morgan fingerprint density at radius 2 is 1.97 bits per heavy atom. The summed E-state index contributed by atoms with van der Waals surface area (Å²) in [6.07, 6.45) is 1.18. The maximum Gasteiger partial charge on any atom is 0.339 e. The molecule has 6 nitrogen and oxygen atoms in total. The van der Waals surface area contributed by atoms with Crippen molar-refractivity contribution in [2.75, 3.05) is 31.2 Å². The Kier molecular flexibility index (Phi) is 6.41. The number of benzene rings is 2. The molecule has 0 fully saturated rings. The van der Waals surface area contributed by atoms with Crippen LogP contribution >= 0.6 is 0 Å². The summed E-state index contributed by atoms with van der Waals surface area (Å²) in [6.45, 7) is 14.7. The fraction of sp³-hybridized carbons (Fsp3) is 0.467. The van der Waals surface area contributed by atoms with Gasteiger partial charge in [-0.25, -0.2) is 4.79 Å². The second-order valence-corrected chi connectivity index (χ2v) is 10.7. The number of aryl methyl sites for hydroxylation is 2. The van der Waals surface area contributed by atoms with Crippen molar-refractivity contribution >= 4 is 22.6 Å². The summed E-state index contributed by atoms with van der Waals surface area (Å²) >= 11 is 0. The molecule has 2 aliphatic heterocycles. The third-order valence-electron chi connectivity index (χ3n) is 6.92. The average molecular weight is 489 g/mol. The van der Waals surface area contributed by atoms with E-state index in [0.29, 0.717) is 13.2 Å². The molecule has 0 saturated heterocycles. The van der Waals surface area contributed by atoms with Gasteiger partial charge in [0.05, 0.1) is 30.0 Å². The molecule has 2 aromatic carbocycles. The van der Waals surface area contributed by atoms with Crippen molar-refractivity contribution < 1.29 is 19.0 Å². The molecule has 0 bridgehead atoms. The van der Waals surface area contributed by atoms with E-state index >= 15 is 0 Å². The monoisotopic (exact) mass is 488 g/mol. The molecule has 3 aromatic rings. The highest BCUT2D eigenvalue weighted by molar-refractivity contribution is 6.01. The number of hydrogen-bond donors (Lipinski definition) is 0. The van der Waals surface area contributed by atoms with Gasteiger partial charge in [0.1, 0.15) is 12.4 Å². The molecule has 0 unspecified atom stereocenters. The predicted octanol–water partition coefficient (Wildman–Crippen LogP) is 6.08. The molecular weight excluding hydrogens is 452 g/mol. The number of hydrogen-bond acceptors (Lipinski definition) is 6. The molecule has 3 heterocycles. The molecule has 2 aliphatic rings. The van der Waals surface area contributed by atoms with Gasteiger partial charge in [-0.2, -0.15) is 0 Å². The number of ether oxygens (including phenoxy) is 3. The molecule has 6 heteroatoms. The van der Waals surface area contributed by atoms with E-state index in [0.717, 1.165) is 70.5 Å². The fourth-order valence-electron chi connectivity index (χ4n) is 5.56. The van der Waals surface area contributed by atoms with E-state index in [-0.39, 0.29) is 5.97 Å². The summed E-state index contributed by atoms with van der Waals surface area (Å²) in [6, 6.07) is 10.5. The van der Waals surface area contributed by atoms with E-state index in [1.807, 2.05) is 47.6 Å². The van der Waals surface area contributed by atoms with E-state index in [1.54, 1.807) is 0 Å². The lowest BCUT2D eigenvalue weighted by Gasteiger charge is -2.38. The Morgan fingerprint density at radius 3 is 2.72 bits per heavy atom. The second kappa shape index (κ2) is 9.40. The minimum atomic E-state index is -0.857. The quantitative estimate of drug-likeness (QED) is 0.406. The molecule has 5 rings (SSSR count). The van der Waals surface area contributed by atoms with Crippen LogP contribution < -0.4 is 9.64 Å². The van der Waals surface area contributed by atoms with Crippen molar-refractivity contribution in [3.05, 3.63) is 52.7 Å². The van der Waals surface area contributed by atoms with Gasteiger partial charge in [-0.05, 0) is 94.8 Å². The first-order valence-electron chi connectivity index (χ1n) is 13.0. The van der Waals surface area contributed by atoms with Crippen LogP contribution in [0.5, 0.6) is 5.75 Å². The van der Waals surface area contributed by atoms with E-state index < -0.39 is 11.7 Å². The topological polar surface area (TPSA) is 60.9 Å². The van der Waals surface area contributed by atoms with Crippen LogP contribution in [0.1, 0.15) is 62.6 Å². The summed E-state index contributed by atoms with van der Waals surface area (Å²) in [4.78, 5) is 20.7. The van der Waals surface area contributed by atoms with Gasteiger partial charge >= 0.3 is 5.97 Å². The van der Waals surface area contributed by atoms with Crippen molar-refractivity contribution in [1.29, 1.82) is 0 Å². The molecule has 0 saturated carbocycles. The van der Waals surface area contributed by atoms with Gasteiger partial charge in [-0.15, -0.1) is 0 Å².